The summed E-state index contributed by atoms with van der Waals surface area (Å²) in [4.78, 5) is 2.75. The molecule has 2 fully saturated rings. The Morgan fingerprint density at radius 3 is 2.38 bits per heavy atom. The molecule has 1 saturated carbocycles. The summed E-state index contributed by atoms with van der Waals surface area (Å²) in [5.41, 5.74) is 6.05. The van der Waals surface area contributed by atoms with Crippen molar-refractivity contribution in [2.45, 2.75) is 64.5 Å². The zero-order valence-electron chi connectivity index (χ0n) is 11.0. The fourth-order valence-electron chi connectivity index (χ4n) is 3.88. The van der Waals surface area contributed by atoms with Gasteiger partial charge in [-0.15, -0.1) is 0 Å². The Hall–Kier alpha value is -0.0800. The minimum Gasteiger partial charge on any atom is -0.329 e. The second-order valence-corrected chi connectivity index (χ2v) is 6.04. The second kappa shape index (κ2) is 5.50. The molecule has 0 aromatic carbocycles. The molecule has 1 aliphatic heterocycles. The molecule has 16 heavy (non-hydrogen) atoms. The van der Waals surface area contributed by atoms with Gasteiger partial charge < -0.3 is 5.73 Å². The van der Waals surface area contributed by atoms with E-state index < -0.39 is 0 Å². The lowest BCUT2D eigenvalue weighted by Gasteiger charge is -2.38. The number of rotatable bonds is 4. The molecule has 0 amide bonds. The van der Waals surface area contributed by atoms with Crippen molar-refractivity contribution in [3.8, 4) is 0 Å². The molecule has 94 valence electrons. The van der Waals surface area contributed by atoms with Gasteiger partial charge in [-0.3, -0.25) is 4.90 Å². The normalized spacial score (nSPS) is 30.4. The van der Waals surface area contributed by atoms with Gasteiger partial charge in [0.15, 0.2) is 0 Å². The molecular formula is C14H28N2. The van der Waals surface area contributed by atoms with Gasteiger partial charge >= 0.3 is 0 Å². The Kier molecular flexibility index (Phi) is 4.26. The van der Waals surface area contributed by atoms with E-state index in [0.717, 1.165) is 24.4 Å². The molecule has 2 aliphatic rings. The van der Waals surface area contributed by atoms with Crippen LogP contribution in [0.25, 0.3) is 0 Å². The fraction of sp³-hybridized carbons (Fsp3) is 1.00. The highest BCUT2D eigenvalue weighted by molar-refractivity contribution is 4.91. The van der Waals surface area contributed by atoms with Gasteiger partial charge in [0.1, 0.15) is 0 Å². The van der Waals surface area contributed by atoms with Gasteiger partial charge in [0.2, 0.25) is 0 Å². The van der Waals surface area contributed by atoms with Crippen LogP contribution in [0, 0.1) is 11.8 Å². The number of nitrogens with two attached hydrogens (primary N) is 1. The van der Waals surface area contributed by atoms with Crippen molar-refractivity contribution in [3.63, 3.8) is 0 Å². The Morgan fingerprint density at radius 2 is 1.81 bits per heavy atom. The summed E-state index contributed by atoms with van der Waals surface area (Å²) < 4.78 is 0. The highest BCUT2D eigenvalue weighted by atomic mass is 15.2. The maximum absolute atomic E-state index is 6.05. The Labute approximate surface area is 101 Å². The summed E-state index contributed by atoms with van der Waals surface area (Å²) in [6.45, 7) is 6.89. The van der Waals surface area contributed by atoms with Crippen molar-refractivity contribution in [1.82, 2.24) is 4.90 Å². The molecule has 0 radical (unpaired) electrons. The molecule has 1 saturated heterocycles. The Balaban J connectivity index is 2.01. The lowest BCUT2D eigenvalue weighted by Crippen LogP contribution is -2.48. The van der Waals surface area contributed by atoms with Crippen LogP contribution in [0.3, 0.4) is 0 Å². The van der Waals surface area contributed by atoms with Crippen LogP contribution >= 0.6 is 0 Å². The minimum absolute atomic E-state index is 0.678. The van der Waals surface area contributed by atoms with Crippen molar-refractivity contribution in [3.05, 3.63) is 0 Å². The second-order valence-electron chi connectivity index (χ2n) is 6.04. The lowest BCUT2D eigenvalue weighted by molar-refractivity contribution is 0.108. The van der Waals surface area contributed by atoms with Crippen LogP contribution in [0.4, 0.5) is 0 Å². The van der Waals surface area contributed by atoms with Crippen molar-refractivity contribution in [2.24, 2.45) is 17.6 Å². The van der Waals surface area contributed by atoms with E-state index in [0.29, 0.717) is 6.04 Å². The summed E-state index contributed by atoms with van der Waals surface area (Å²) in [6, 6.07) is 1.48. The summed E-state index contributed by atoms with van der Waals surface area (Å²) in [5.74, 6) is 1.68. The topological polar surface area (TPSA) is 29.3 Å². The first-order chi connectivity index (χ1) is 7.74. The zero-order chi connectivity index (χ0) is 11.5. The van der Waals surface area contributed by atoms with E-state index in [-0.39, 0.29) is 0 Å². The standard InChI is InChI=1S/C14H28N2/c1-11(2)13-8-5-9-16(13)14(10-15)12-6-3-4-7-12/h11-14H,3-10,15H2,1-2H3. The van der Waals surface area contributed by atoms with Gasteiger partial charge in [0.05, 0.1) is 0 Å². The summed E-state index contributed by atoms with van der Waals surface area (Å²) in [6.07, 6.45) is 8.47. The average molecular weight is 224 g/mol. The van der Waals surface area contributed by atoms with E-state index in [1.54, 1.807) is 0 Å². The number of likely N-dealkylation sites (tertiary alicyclic amines) is 1. The molecule has 2 nitrogen and oxygen atoms in total. The molecule has 0 bridgehead atoms. The van der Waals surface area contributed by atoms with Crippen molar-refractivity contribution < 1.29 is 0 Å². The predicted molar refractivity (Wildman–Crippen MR) is 69.4 cm³/mol. The molecule has 1 heterocycles. The Bertz CT molecular complexity index is 209. The first kappa shape index (κ1) is 12.4. The Morgan fingerprint density at radius 1 is 1.12 bits per heavy atom. The third-order valence-corrected chi connectivity index (χ3v) is 4.72. The van der Waals surface area contributed by atoms with E-state index in [9.17, 15) is 0 Å². The molecule has 2 N–H and O–H groups in total. The van der Waals surface area contributed by atoms with Crippen LogP contribution in [0.1, 0.15) is 52.4 Å². The van der Waals surface area contributed by atoms with Crippen molar-refractivity contribution in [1.29, 1.82) is 0 Å². The molecule has 2 unspecified atom stereocenters. The summed E-state index contributed by atoms with van der Waals surface area (Å²) in [7, 11) is 0. The van der Waals surface area contributed by atoms with Gasteiger partial charge in [-0.25, -0.2) is 0 Å². The maximum Gasteiger partial charge on any atom is 0.0249 e. The first-order valence-corrected chi connectivity index (χ1v) is 7.20. The number of nitrogens with zero attached hydrogens (tertiary/aromatic N) is 1. The molecule has 0 aromatic rings. The molecular weight excluding hydrogens is 196 g/mol. The molecule has 2 heteroatoms. The number of hydrogen-bond acceptors (Lipinski definition) is 2. The minimum atomic E-state index is 0.678. The summed E-state index contributed by atoms with van der Waals surface area (Å²) in [5, 5.41) is 0. The van der Waals surface area contributed by atoms with Gasteiger partial charge in [0.25, 0.3) is 0 Å². The van der Waals surface area contributed by atoms with Crippen LogP contribution in [0.5, 0.6) is 0 Å². The molecule has 2 atom stereocenters. The zero-order valence-corrected chi connectivity index (χ0v) is 11.0. The SMILES string of the molecule is CC(C)C1CCCN1C(CN)C1CCCC1. The largest absolute Gasteiger partial charge is 0.329 e. The van der Waals surface area contributed by atoms with E-state index in [2.05, 4.69) is 18.7 Å². The van der Waals surface area contributed by atoms with Crippen LogP contribution in [0.2, 0.25) is 0 Å². The van der Waals surface area contributed by atoms with E-state index >= 15 is 0 Å². The van der Waals surface area contributed by atoms with Crippen LogP contribution in [0.15, 0.2) is 0 Å². The first-order valence-electron chi connectivity index (χ1n) is 7.20. The molecule has 0 spiro atoms. The highest BCUT2D eigenvalue weighted by Crippen LogP contribution is 2.34. The molecule has 2 rings (SSSR count). The fourth-order valence-corrected chi connectivity index (χ4v) is 3.88. The van der Waals surface area contributed by atoms with Crippen LogP contribution < -0.4 is 5.73 Å². The highest BCUT2D eigenvalue weighted by Gasteiger charge is 2.36. The smallest absolute Gasteiger partial charge is 0.0249 e. The van der Waals surface area contributed by atoms with E-state index in [1.165, 1.54) is 45.1 Å². The molecule has 1 aliphatic carbocycles. The van der Waals surface area contributed by atoms with Crippen molar-refractivity contribution >= 4 is 0 Å². The third-order valence-electron chi connectivity index (χ3n) is 4.72. The van der Waals surface area contributed by atoms with E-state index in [4.69, 9.17) is 5.73 Å². The van der Waals surface area contributed by atoms with Gasteiger partial charge in [-0.1, -0.05) is 26.7 Å². The summed E-state index contributed by atoms with van der Waals surface area (Å²) >= 11 is 0. The van der Waals surface area contributed by atoms with Crippen LogP contribution in [-0.2, 0) is 0 Å². The molecule has 0 aromatic heterocycles. The third kappa shape index (κ3) is 2.43. The monoisotopic (exact) mass is 224 g/mol. The van der Waals surface area contributed by atoms with Crippen LogP contribution in [-0.4, -0.2) is 30.1 Å². The lowest BCUT2D eigenvalue weighted by atomic mass is 9.93. The number of hydrogen-bond donors (Lipinski definition) is 1. The van der Waals surface area contributed by atoms with Crippen molar-refractivity contribution in [2.75, 3.05) is 13.1 Å². The average Bonchev–Trinajstić information content (AvgIpc) is 2.88. The van der Waals surface area contributed by atoms with E-state index in [1.807, 2.05) is 0 Å². The maximum atomic E-state index is 6.05. The quantitative estimate of drug-likeness (QED) is 0.795. The van der Waals surface area contributed by atoms with Gasteiger partial charge in [-0.05, 0) is 44.1 Å². The van der Waals surface area contributed by atoms with Gasteiger partial charge in [0, 0.05) is 18.6 Å². The van der Waals surface area contributed by atoms with Gasteiger partial charge in [-0.2, -0.15) is 0 Å². The predicted octanol–water partition coefficient (Wildman–Crippen LogP) is 2.62.